The second kappa shape index (κ2) is 5.60. The summed E-state index contributed by atoms with van der Waals surface area (Å²) in [4.78, 5) is 14.5. The van der Waals surface area contributed by atoms with E-state index in [0.29, 0.717) is 18.6 Å². The number of rotatable bonds is 6. The quantitative estimate of drug-likeness (QED) is 0.784. The van der Waals surface area contributed by atoms with E-state index in [1.807, 2.05) is 0 Å². The molecule has 0 aromatic carbocycles. The molecule has 0 aromatic heterocycles. The molecule has 0 bridgehead atoms. The Morgan fingerprint density at radius 1 is 1.00 bits per heavy atom. The van der Waals surface area contributed by atoms with E-state index in [4.69, 9.17) is 0 Å². The molecule has 0 atom stereocenters. The summed E-state index contributed by atoms with van der Waals surface area (Å²) >= 11 is 0. The average Bonchev–Trinajstić information content (AvgIpc) is 3.25. The van der Waals surface area contributed by atoms with Crippen LogP contribution in [0, 0.1) is 5.92 Å². The van der Waals surface area contributed by atoms with Crippen molar-refractivity contribution in [3.8, 4) is 0 Å². The third-order valence-corrected chi connectivity index (χ3v) is 4.57. The number of hydrogen-bond donors (Lipinski definition) is 1. The normalized spacial score (nSPS) is 25.4. The summed E-state index contributed by atoms with van der Waals surface area (Å²) in [5.41, 5.74) is 0. The summed E-state index contributed by atoms with van der Waals surface area (Å²) in [7, 11) is 0. The van der Waals surface area contributed by atoms with Crippen LogP contribution in [0.3, 0.4) is 0 Å². The highest BCUT2D eigenvalue weighted by atomic mass is 16.2. The molecule has 102 valence electrons. The molecule has 3 aliphatic rings. The van der Waals surface area contributed by atoms with Crippen LogP contribution in [-0.2, 0) is 4.79 Å². The number of amides is 1. The van der Waals surface area contributed by atoms with Crippen LogP contribution in [0.4, 0.5) is 0 Å². The van der Waals surface area contributed by atoms with E-state index in [1.54, 1.807) is 0 Å². The molecule has 3 saturated carbocycles. The number of carbonyl (C=O) groups excluding carboxylic acids is 1. The fourth-order valence-corrected chi connectivity index (χ4v) is 3.11. The first-order chi connectivity index (χ1) is 8.81. The first-order valence-corrected chi connectivity index (χ1v) is 7.84. The Kier molecular flexibility index (Phi) is 3.88. The predicted molar refractivity (Wildman–Crippen MR) is 72.3 cm³/mol. The molecule has 3 rings (SSSR count). The van der Waals surface area contributed by atoms with Crippen LogP contribution < -0.4 is 5.32 Å². The van der Waals surface area contributed by atoms with E-state index in [2.05, 4.69) is 10.2 Å². The number of hydrogen-bond acceptors (Lipinski definition) is 2. The Balaban J connectivity index is 1.51. The van der Waals surface area contributed by atoms with E-state index in [9.17, 15) is 4.79 Å². The molecule has 0 aromatic rings. The van der Waals surface area contributed by atoms with Gasteiger partial charge < -0.3 is 5.32 Å². The van der Waals surface area contributed by atoms with Crippen molar-refractivity contribution in [1.29, 1.82) is 0 Å². The van der Waals surface area contributed by atoms with Crippen molar-refractivity contribution in [1.82, 2.24) is 10.2 Å². The van der Waals surface area contributed by atoms with Gasteiger partial charge in [0.05, 0.1) is 6.54 Å². The van der Waals surface area contributed by atoms with Gasteiger partial charge in [-0.1, -0.05) is 19.3 Å². The van der Waals surface area contributed by atoms with Gasteiger partial charge in [-0.25, -0.2) is 0 Å². The largest absolute Gasteiger partial charge is 0.352 e. The van der Waals surface area contributed by atoms with Crippen LogP contribution >= 0.6 is 0 Å². The van der Waals surface area contributed by atoms with E-state index in [0.717, 1.165) is 5.92 Å². The van der Waals surface area contributed by atoms with Crippen molar-refractivity contribution in [2.75, 3.05) is 13.1 Å². The summed E-state index contributed by atoms with van der Waals surface area (Å²) in [5, 5.41) is 3.14. The van der Waals surface area contributed by atoms with Crippen LogP contribution in [0.5, 0.6) is 0 Å². The fraction of sp³-hybridized carbons (Fsp3) is 0.933. The van der Waals surface area contributed by atoms with Gasteiger partial charge in [0.1, 0.15) is 0 Å². The second-order valence-electron chi connectivity index (χ2n) is 6.51. The third-order valence-electron chi connectivity index (χ3n) is 4.57. The Morgan fingerprint density at radius 2 is 1.72 bits per heavy atom. The monoisotopic (exact) mass is 250 g/mol. The average molecular weight is 250 g/mol. The van der Waals surface area contributed by atoms with Crippen LogP contribution in [0.25, 0.3) is 0 Å². The minimum Gasteiger partial charge on any atom is -0.352 e. The zero-order valence-electron chi connectivity index (χ0n) is 11.4. The number of nitrogens with one attached hydrogen (secondary N) is 1. The molecule has 18 heavy (non-hydrogen) atoms. The summed E-state index contributed by atoms with van der Waals surface area (Å²) in [6.45, 7) is 1.82. The van der Waals surface area contributed by atoms with Crippen LogP contribution in [0.1, 0.15) is 57.8 Å². The first kappa shape index (κ1) is 12.5. The number of carbonyl (C=O) groups is 1. The van der Waals surface area contributed by atoms with Crippen LogP contribution in [-0.4, -0.2) is 36.0 Å². The predicted octanol–water partition coefficient (Wildman–Crippen LogP) is 2.31. The molecule has 0 saturated heterocycles. The summed E-state index contributed by atoms with van der Waals surface area (Å²) < 4.78 is 0. The van der Waals surface area contributed by atoms with Crippen molar-refractivity contribution >= 4 is 5.91 Å². The topological polar surface area (TPSA) is 32.3 Å². The standard InChI is InChI=1S/C15H26N2O/c18-15(16-13-8-9-13)11-17(10-12-6-7-12)14-4-2-1-3-5-14/h12-14H,1-11H2,(H,16,18). The molecular weight excluding hydrogens is 224 g/mol. The third kappa shape index (κ3) is 3.71. The van der Waals surface area contributed by atoms with Crippen molar-refractivity contribution < 1.29 is 4.79 Å². The van der Waals surface area contributed by atoms with Crippen molar-refractivity contribution in [2.45, 2.75) is 69.9 Å². The summed E-state index contributed by atoms with van der Waals surface area (Å²) in [6, 6.07) is 1.19. The van der Waals surface area contributed by atoms with Gasteiger partial charge in [0.2, 0.25) is 5.91 Å². The van der Waals surface area contributed by atoms with Crippen LogP contribution in [0.2, 0.25) is 0 Å². The maximum atomic E-state index is 12.0. The van der Waals surface area contributed by atoms with E-state index < -0.39 is 0 Å². The van der Waals surface area contributed by atoms with Crippen molar-refractivity contribution in [3.05, 3.63) is 0 Å². The second-order valence-corrected chi connectivity index (χ2v) is 6.51. The molecule has 3 fully saturated rings. The van der Waals surface area contributed by atoms with Crippen molar-refractivity contribution in [2.24, 2.45) is 5.92 Å². The molecule has 0 heterocycles. The molecule has 1 N–H and O–H groups in total. The molecule has 1 amide bonds. The Labute approximate surface area is 110 Å². The smallest absolute Gasteiger partial charge is 0.234 e. The van der Waals surface area contributed by atoms with Gasteiger partial charge in [-0.05, 0) is 44.4 Å². The molecule has 0 unspecified atom stereocenters. The fourth-order valence-electron chi connectivity index (χ4n) is 3.11. The number of nitrogens with zero attached hydrogens (tertiary/aromatic N) is 1. The van der Waals surface area contributed by atoms with Gasteiger partial charge in [0.15, 0.2) is 0 Å². The van der Waals surface area contributed by atoms with Gasteiger partial charge in [0, 0.05) is 18.6 Å². The van der Waals surface area contributed by atoms with E-state index >= 15 is 0 Å². The maximum Gasteiger partial charge on any atom is 0.234 e. The lowest BCUT2D eigenvalue weighted by molar-refractivity contribution is -0.123. The van der Waals surface area contributed by atoms with Crippen LogP contribution in [0.15, 0.2) is 0 Å². The molecule has 3 aliphatic carbocycles. The highest BCUT2D eigenvalue weighted by molar-refractivity contribution is 5.78. The molecular formula is C15H26N2O. The van der Waals surface area contributed by atoms with Gasteiger partial charge in [-0.3, -0.25) is 9.69 Å². The SMILES string of the molecule is O=C(CN(CC1CC1)C1CCCCC1)NC1CC1. The molecule has 0 radical (unpaired) electrons. The maximum absolute atomic E-state index is 12.0. The summed E-state index contributed by atoms with van der Waals surface area (Å²) in [6.07, 6.45) is 11.9. The lowest BCUT2D eigenvalue weighted by Crippen LogP contribution is -2.45. The Bertz CT molecular complexity index is 291. The lowest BCUT2D eigenvalue weighted by atomic mass is 9.94. The minimum atomic E-state index is 0.267. The molecule has 3 nitrogen and oxygen atoms in total. The van der Waals surface area contributed by atoms with Gasteiger partial charge in [-0.2, -0.15) is 0 Å². The Morgan fingerprint density at radius 3 is 2.33 bits per heavy atom. The van der Waals surface area contributed by atoms with E-state index in [-0.39, 0.29) is 5.91 Å². The Hall–Kier alpha value is -0.570. The van der Waals surface area contributed by atoms with E-state index in [1.165, 1.54) is 64.3 Å². The minimum absolute atomic E-state index is 0.267. The molecule has 0 aliphatic heterocycles. The van der Waals surface area contributed by atoms with Gasteiger partial charge in [0.25, 0.3) is 0 Å². The zero-order valence-corrected chi connectivity index (χ0v) is 11.4. The highest BCUT2D eigenvalue weighted by Crippen LogP contribution is 2.32. The van der Waals surface area contributed by atoms with Gasteiger partial charge in [-0.15, -0.1) is 0 Å². The first-order valence-electron chi connectivity index (χ1n) is 7.84. The molecule has 3 heteroatoms. The highest BCUT2D eigenvalue weighted by Gasteiger charge is 2.31. The van der Waals surface area contributed by atoms with Crippen molar-refractivity contribution in [3.63, 3.8) is 0 Å². The zero-order chi connectivity index (χ0) is 12.4. The lowest BCUT2D eigenvalue weighted by Gasteiger charge is -2.34. The summed E-state index contributed by atoms with van der Waals surface area (Å²) in [5.74, 6) is 1.16. The molecule has 0 spiro atoms. The van der Waals surface area contributed by atoms with Gasteiger partial charge >= 0.3 is 0 Å².